The molecule has 0 radical (unpaired) electrons. The van der Waals surface area contributed by atoms with Crippen LogP contribution in [0.5, 0.6) is 0 Å². The van der Waals surface area contributed by atoms with Crippen molar-refractivity contribution in [2.45, 2.75) is 6.92 Å². The maximum Gasteiger partial charge on any atom is 0.300 e. The Morgan fingerprint density at radius 2 is 2.17 bits per heavy atom. The predicted molar refractivity (Wildman–Crippen MR) is 79.7 cm³/mol. The minimum absolute atomic E-state index is 0.331. The summed E-state index contributed by atoms with van der Waals surface area (Å²) < 4.78 is 30.8. The SMILES string of the molecule is CCNS(=O)(=O)Nc1nn(C)c2c(I)cccc12. The van der Waals surface area contributed by atoms with E-state index in [1.807, 2.05) is 18.2 Å². The Labute approximate surface area is 119 Å². The highest BCUT2D eigenvalue weighted by Crippen LogP contribution is 2.26. The van der Waals surface area contributed by atoms with Crippen molar-refractivity contribution in [3.05, 3.63) is 21.8 Å². The third-order valence-corrected chi connectivity index (χ3v) is 4.38. The molecule has 0 aliphatic carbocycles. The largest absolute Gasteiger partial charge is 0.300 e. The molecule has 1 aromatic carbocycles. The van der Waals surface area contributed by atoms with Crippen LogP contribution in [0.15, 0.2) is 18.2 Å². The van der Waals surface area contributed by atoms with E-state index in [1.54, 1.807) is 18.7 Å². The molecule has 0 saturated heterocycles. The normalized spacial score (nSPS) is 11.9. The van der Waals surface area contributed by atoms with Gasteiger partial charge in [0.05, 0.1) is 5.52 Å². The summed E-state index contributed by atoms with van der Waals surface area (Å²) in [7, 11) is -1.77. The first kappa shape index (κ1) is 13.6. The topological polar surface area (TPSA) is 76.0 Å². The Bertz CT molecular complexity index is 680. The van der Waals surface area contributed by atoms with Crippen molar-refractivity contribution in [1.29, 1.82) is 0 Å². The quantitative estimate of drug-likeness (QED) is 0.789. The van der Waals surface area contributed by atoms with Gasteiger partial charge in [0.15, 0.2) is 5.82 Å². The third kappa shape index (κ3) is 2.59. The second kappa shape index (κ2) is 5.02. The third-order valence-electron chi connectivity index (χ3n) is 2.38. The van der Waals surface area contributed by atoms with E-state index in [0.29, 0.717) is 12.4 Å². The fraction of sp³-hybridized carbons (Fsp3) is 0.300. The second-order valence-electron chi connectivity index (χ2n) is 3.71. The zero-order valence-electron chi connectivity index (χ0n) is 9.94. The average Bonchev–Trinajstić information content (AvgIpc) is 2.56. The summed E-state index contributed by atoms with van der Waals surface area (Å²) in [5.74, 6) is 0.340. The van der Waals surface area contributed by atoms with Crippen LogP contribution in [0.25, 0.3) is 10.9 Å². The van der Waals surface area contributed by atoms with E-state index in [4.69, 9.17) is 0 Å². The lowest BCUT2D eigenvalue weighted by atomic mass is 10.2. The fourth-order valence-electron chi connectivity index (χ4n) is 1.72. The number of halogens is 1. The minimum atomic E-state index is -3.55. The van der Waals surface area contributed by atoms with Crippen molar-refractivity contribution in [3.63, 3.8) is 0 Å². The monoisotopic (exact) mass is 380 g/mol. The van der Waals surface area contributed by atoms with Gasteiger partial charge in [0, 0.05) is 22.5 Å². The Morgan fingerprint density at radius 1 is 1.44 bits per heavy atom. The lowest BCUT2D eigenvalue weighted by Gasteiger charge is -2.05. The van der Waals surface area contributed by atoms with Gasteiger partial charge in [-0.15, -0.1) is 0 Å². The van der Waals surface area contributed by atoms with E-state index in [0.717, 1.165) is 14.5 Å². The summed E-state index contributed by atoms with van der Waals surface area (Å²) >= 11 is 2.20. The number of fused-ring (bicyclic) bond motifs is 1. The molecule has 1 aromatic heterocycles. The zero-order valence-corrected chi connectivity index (χ0v) is 12.9. The first-order valence-electron chi connectivity index (χ1n) is 5.33. The molecule has 98 valence electrons. The standard InChI is InChI=1S/C10H13IN4O2S/c1-3-12-18(16,17)14-10-7-5-4-6-8(11)9(7)15(2)13-10/h4-6,12H,3H2,1-2H3,(H,13,14). The van der Waals surface area contributed by atoms with Gasteiger partial charge in [-0.2, -0.15) is 18.2 Å². The maximum atomic E-state index is 11.7. The van der Waals surface area contributed by atoms with Crippen molar-refractivity contribution in [1.82, 2.24) is 14.5 Å². The van der Waals surface area contributed by atoms with Crippen molar-refractivity contribution in [2.24, 2.45) is 7.05 Å². The number of para-hydroxylation sites is 1. The molecular formula is C10H13IN4O2S. The van der Waals surface area contributed by atoms with Gasteiger partial charge in [0.25, 0.3) is 10.2 Å². The summed E-state index contributed by atoms with van der Waals surface area (Å²) in [6.45, 7) is 2.05. The number of hydrogen-bond acceptors (Lipinski definition) is 3. The maximum absolute atomic E-state index is 11.7. The number of rotatable bonds is 4. The molecule has 2 aromatic rings. The van der Waals surface area contributed by atoms with Gasteiger partial charge in [-0.1, -0.05) is 13.0 Å². The molecule has 8 heteroatoms. The van der Waals surface area contributed by atoms with Crippen LogP contribution in [0, 0.1) is 3.57 Å². The molecule has 1 heterocycles. The number of nitrogens with zero attached hydrogens (tertiary/aromatic N) is 2. The van der Waals surface area contributed by atoms with Crippen LogP contribution in [0.2, 0.25) is 0 Å². The minimum Gasteiger partial charge on any atom is -0.265 e. The molecule has 0 atom stereocenters. The van der Waals surface area contributed by atoms with Gasteiger partial charge < -0.3 is 0 Å². The van der Waals surface area contributed by atoms with E-state index < -0.39 is 10.2 Å². The van der Waals surface area contributed by atoms with E-state index in [1.165, 1.54) is 0 Å². The van der Waals surface area contributed by atoms with Crippen LogP contribution in [-0.2, 0) is 17.3 Å². The fourth-order valence-corrected chi connectivity index (χ4v) is 3.42. The molecule has 18 heavy (non-hydrogen) atoms. The van der Waals surface area contributed by atoms with Gasteiger partial charge in [-0.3, -0.25) is 9.40 Å². The molecule has 2 rings (SSSR count). The summed E-state index contributed by atoms with van der Waals surface area (Å²) in [6.07, 6.45) is 0. The van der Waals surface area contributed by atoms with Crippen LogP contribution in [0.4, 0.5) is 5.82 Å². The molecule has 0 aliphatic heterocycles. The van der Waals surface area contributed by atoms with Crippen molar-refractivity contribution >= 4 is 49.5 Å². The van der Waals surface area contributed by atoms with E-state index in [9.17, 15) is 8.42 Å². The molecule has 0 fully saturated rings. The first-order valence-corrected chi connectivity index (χ1v) is 7.89. The molecule has 0 bridgehead atoms. The van der Waals surface area contributed by atoms with Gasteiger partial charge in [0.2, 0.25) is 0 Å². The molecule has 0 unspecified atom stereocenters. The van der Waals surface area contributed by atoms with E-state index in [-0.39, 0.29) is 0 Å². The molecule has 0 spiro atoms. The highest BCUT2D eigenvalue weighted by atomic mass is 127. The molecular weight excluding hydrogens is 367 g/mol. The number of aromatic nitrogens is 2. The lowest BCUT2D eigenvalue weighted by Crippen LogP contribution is -2.30. The second-order valence-corrected chi connectivity index (χ2v) is 6.37. The van der Waals surface area contributed by atoms with Crippen LogP contribution in [0.3, 0.4) is 0 Å². The molecule has 0 aliphatic rings. The molecule has 2 N–H and O–H groups in total. The Morgan fingerprint density at radius 3 is 2.83 bits per heavy atom. The number of anilines is 1. The van der Waals surface area contributed by atoms with Crippen LogP contribution >= 0.6 is 22.6 Å². The van der Waals surface area contributed by atoms with Gasteiger partial charge in [-0.05, 0) is 34.7 Å². The first-order chi connectivity index (χ1) is 8.44. The van der Waals surface area contributed by atoms with Gasteiger partial charge >= 0.3 is 0 Å². The summed E-state index contributed by atoms with van der Waals surface area (Å²) in [5.41, 5.74) is 0.910. The number of benzene rings is 1. The highest BCUT2D eigenvalue weighted by Gasteiger charge is 2.15. The Kier molecular flexibility index (Phi) is 3.78. The molecule has 0 saturated carbocycles. The van der Waals surface area contributed by atoms with Crippen LogP contribution in [-0.4, -0.2) is 24.7 Å². The van der Waals surface area contributed by atoms with Crippen molar-refractivity contribution in [2.75, 3.05) is 11.3 Å². The zero-order chi connectivity index (χ0) is 13.3. The Balaban J connectivity index is 2.51. The number of aryl methyl sites for hydroxylation is 1. The molecule has 6 nitrogen and oxygen atoms in total. The summed E-state index contributed by atoms with van der Waals surface area (Å²) in [6, 6.07) is 5.66. The number of hydrogen-bond donors (Lipinski definition) is 2. The van der Waals surface area contributed by atoms with Crippen molar-refractivity contribution < 1.29 is 8.42 Å². The van der Waals surface area contributed by atoms with Crippen LogP contribution in [0.1, 0.15) is 6.92 Å². The highest BCUT2D eigenvalue weighted by molar-refractivity contribution is 14.1. The van der Waals surface area contributed by atoms with Gasteiger partial charge in [-0.25, -0.2) is 0 Å². The van der Waals surface area contributed by atoms with E-state index in [2.05, 4.69) is 37.1 Å². The Hall–Kier alpha value is -0.870. The summed E-state index contributed by atoms with van der Waals surface area (Å²) in [5, 5.41) is 4.98. The van der Waals surface area contributed by atoms with Gasteiger partial charge in [0.1, 0.15) is 0 Å². The van der Waals surface area contributed by atoms with E-state index >= 15 is 0 Å². The smallest absolute Gasteiger partial charge is 0.265 e. The summed E-state index contributed by atoms with van der Waals surface area (Å²) in [4.78, 5) is 0. The van der Waals surface area contributed by atoms with Crippen LogP contribution < -0.4 is 9.44 Å². The van der Waals surface area contributed by atoms with Crippen molar-refractivity contribution in [3.8, 4) is 0 Å². The lowest BCUT2D eigenvalue weighted by molar-refractivity contribution is 0.589. The molecule has 0 amide bonds. The average molecular weight is 380 g/mol. The number of nitrogens with one attached hydrogen (secondary N) is 2. The predicted octanol–water partition coefficient (Wildman–Crippen LogP) is 1.44.